The van der Waals surface area contributed by atoms with E-state index in [-0.39, 0.29) is 5.91 Å². The zero-order valence-corrected chi connectivity index (χ0v) is 10.8. The van der Waals surface area contributed by atoms with Crippen molar-refractivity contribution in [3.63, 3.8) is 0 Å². The van der Waals surface area contributed by atoms with Gasteiger partial charge in [0.05, 0.1) is 0 Å². The Labute approximate surface area is 111 Å². The number of nitrogens with one attached hydrogen (secondary N) is 1. The second kappa shape index (κ2) is 6.10. The van der Waals surface area contributed by atoms with E-state index in [1.54, 1.807) is 18.5 Å². The molecule has 0 radical (unpaired) electrons. The summed E-state index contributed by atoms with van der Waals surface area (Å²) in [5, 5.41) is 10.6. The van der Waals surface area contributed by atoms with E-state index in [9.17, 15) is 4.79 Å². The molecule has 2 rings (SSSR count). The van der Waals surface area contributed by atoms with Crippen molar-refractivity contribution in [2.24, 2.45) is 12.8 Å². The van der Waals surface area contributed by atoms with Gasteiger partial charge in [0.15, 0.2) is 0 Å². The van der Waals surface area contributed by atoms with Crippen molar-refractivity contribution in [1.29, 1.82) is 0 Å². The summed E-state index contributed by atoms with van der Waals surface area (Å²) in [6, 6.07) is 7.27. The van der Waals surface area contributed by atoms with Crippen molar-refractivity contribution in [2.45, 2.75) is 13.0 Å². The fourth-order valence-electron chi connectivity index (χ4n) is 1.72. The first-order chi connectivity index (χ1) is 9.20. The minimum Gasteiger partial charge on any atom is -0.352 e. The Hall–Kier alpha value is -2.21. The van der Waals surface area contributed by atoms with E-state index in [2.05, 4.69) is 15.5 Å². The molecule has 0 aliphatic rings. The second-order valence-corrected chi connectivity index (χ2v) is 4.27. The quantitative estimate of drug-likeness (QED) is 0.805. The summed E-state index contributed by atoms with van der Waals surface area (Å²) in [7, 11) is 1.88. The number of carbonyl (C=O) groups is 1. The van der Waals surface area contributed by atoms with Crippen molar-refractivity contribution in [3.8, 4) is 0 Å². The van der Waals surface area contributed by atoms with Gasteiger partial charge < -0.3 is 15.6 Å². The van der Waals surface area contributed by atoms with Gasteiger partial charge >= 0.3 is 0 Å². The summed E-state index contributed by atoms with van der Waals surface area (Å²) in [5.41, 5.74) is 7.15. The van der Waals surface area contributed by atoms with Gasteiger partial charge in [0, 0.05) is 32.1 Å². The van der Waals surface area contributed by atoms with Crippen LogP contribution in [0.4, 0.5) is 0 Å². The van der Waals surface area contributed by atoms with Gasteiger partial charge in [-0.25, -0.2) is 0 Å². The number of hydrogen-bond acceptors (Lipinski definition) is 4. The third-order valence-corrected chi connectivity index (χ3v) is 2.89. The van der Waals surface area contributed by atoms with Crippen LogP contribution in [-0.2, 0) is 20.0 Å². The highest BCUT2D eigenvalue weighted by molar-refractivity contribution is 5.94. The van der Waals surface area contributed by atoms with Gasteiger partial charge in [0.25, 0.3) is 5.91 Å². The van der Waals surface area contributed by atoms with Crippen molar-refractivity contribution in [2.75, 3.05) is 6.54 Å². The van der Waals surface area contributed by atoms with Crippen molar-refractivity contribution >= 4 is 5.91 Å². The van der Waals surface area contributed by atoms with Gasteiger partial charge in [-0.15, -0.1) is 10.2 Å². The SMILES string of the molecule is Cn1cnnc1CCNC(=O)c1ccc(CN)cc1. The maximum atomic E-state index is 11.9. The summed E-state index contributed by atoms with van der Waals surface area (Å²) >= 11 is 0. The lowest BCUT2D eigenvalue weighted by Crippen LogP contribution is -2.26. The zero-order chi connectivity index (χ0) is 13.7. The van der Waals surface area contributed by atoms with Crippen LogP contribution in [0.3, 0.4) is 0 Å². The molecule has 0 aliphatic heterocycles. The normalized spacial score (nSPS) is 10.4. The van der Waals surface area contributed by atoms with Crippen molar-refractivity contribution in [1.82, 2.24) is 20.1 Å². The van der Waals surface area contributed by atoms with E-state index < -0.39 is 0 Å². The molecule has 1 amide bonds. The fourth-order valence-corrected chi connectivity index (χ4v) is 1.72. The Morgan fingerprint density at radius 2 is 2.11 bits per heavy atom. The van der Waals surface area contributed by atoms with Crippen LogP contribution in [0.15, 0.2) is 30.6 Å². The summed E-state index contributed by atoms with van der Waals surface area (Å²) in [6.45, 7) is 1.01. The molecular formula is C13H17N5O. The van der Waals surface area contributed by atoms with E-state index in [1.807, 2.05) is 23.7 Å². The topological polar surface area (TPSA) is 85.8 Å². The van der Waals surface area contributed by atoms with E-state index >= 15 is 0 Å². The molecule has 1 aromatic heterocycles. The van der Waals surface area contributed by atoms with Gasteiger partial charge in [-0.1, -0.05) is 12.1 Å². The molecule has 0 fully saturated rings. The lowest BCUT2D eigenvalue weighted by molar-refractivity contribution is 0.0954. The van der Waals surface area contributed by atoms with Gasteiger partial charge in [-0.2, -0.15) is 0 Å². The Bertz CT molecular complexity index is 546. The molecule has 6 heteroatoms. The van der Waals surface area contributed by atoms with Crippen LogP contribution < -0.4 is 11.1 Å². The van der Waals surface area contributed by atoms with Crippen LogP contribution in [0.25, 0.3) is 0 Å². The number of carbonyl (C=O) groups excluding carboxylic acids is 1. The molecule has 6 nitrogen and oxygen atoms in total. The molecule has 3 N–H and O–H groups in total. The minimum absolute atomic E-state index is 0.0919. The number of hydrogen-bond donors (Lipinski definition) is 2. The molecule has 0 unspecified atom stereocenters. The molecule has 0 bridgehead atoms. The largest absolute Gasteiger partial charge is 0.352 e. The average Bonchev–Trinajstić information content (AvgIpc) is 2.84. The van der Waals surface area contributed by atoms with Gasteiger partial charge in [-0.3, -0.25) is 4.79 Å². The Balaban J connectivity index is 1.85. The molecule has 0 saturated carbocycles. The molecule has 1 aromatic carbocycles. The monoisotopic (exact) mass is 259 g/mol. The lowest BCUT2D eigenvalue weighted by Gasteiger charge is -2.05. The molecule has 1 heterocycles. The van der Waals surface area contributed by atoms with E-state index in [0.717, 1.165) is 11.4 Å². The van der Waals surface area contributed by atoms with Crippen molar-refractivity contribution in [3.05, 3.63) is 47.5 Å². The highest BCUT2D eigenvalue weighted by Crippen LogP contribution is 2.03. The maximum absolute atomic E-state index is 11.9. The van der Waals surface area contributed by atoms with Crippen LogP contribution in [0.2, 0.25) is 0 Å². The molecule has 0 aliphatic carbocycles. The first kappa shape index (κ1) is 13.2. The Morgan fingerprint density at radius 3 is 2.68 bits per heavy atom. The average molecular weight is 259 g/mol. The molecule has 0 saturated heterocycles. The predicted octanol–water partition coefficient (Wildman–Crippen LogP) is 0.246. The standard InChI is InChI=1S/C13H17N5O/c1-18-9-16-17-12(18)6-7-15-13(19)11-4-2-10(8-14)3-5-11/h2-5,9H,6-8,14H2,1H3,(H,15,19). The second-order valence-electron chi connectivity index (χ2n) is 4.27. The van der Waals surface area contributed by atoms with Crippen LogP contribution in [0.5, 0.6) is 0 Å². The van der Waals surface area contributed by atoms with Gasteiger partial charge in [-0.05, 0) is 17.7 Å². The van der Waals surface area contributed by atoms with Crippen LogP contribution in [0.1, 0.15) is 21.7 Å². The smallest absolute Gasteiger partial charge is 0.251 e. The van der Waals surface area contributed by atoms with E-state index in [1.165, 1.54) is 0 Å². The number of rotatable bonds is 5. The number of nitrogens with zero attached hydrogens (tertiary/aromatic N) is 3. The van der Waals surface area contributed by atoms with Crippen LogP contribution in [0, 0.1) is 0 Å². The summed E-state index contributed by atoms with van der Waals surface area (Å²) in [4.78, 5) is 11.9. The highest BCUT2D eigenvalue weighted by Gasteiger charge is 2.06. The first-order valence-corrected chi connectivity index (χ1v) is 6.11. The van der Waals surface area contributed by atoms with Crippen molar-refractivity contribution < 1.29 is 4.79 Å². The number of amides is 1. The molecular weight excluding hydrogens is 242 g/mol. The van der Waals surface area contributed by atoms with E-state index in [0.29, 0.717) is 25.1 Å². The molecule has 2 aromatic rings. The first-order valence-electron chi connectivity index (χ1n) is 6.11. The summed E-state index contributed by atoms with van der Waals surface area (Å²) in [5.74, 6) is 0.754. The van der Waals surface area contributed by atoms with Gasteiger partial charge in [0.2, 0.25) is 0 Å². The van der Waals surface area contributed by atoms with Crippen LogP contribution >= 0.6 is 0 Å². The molecule has 19 heavy (non-hydrogen) atoms. The van der Waals surface area contributed by atoms with Gasteiger partial charge in [0.1, 0.15) is 12.2 Å². The minimum atomic E-state index is -0.0919. The summed E-state index contributed by atoms with van der Waals surface area (Å²) < 4.78 is 1.84. The molecule has 0 atom stereocenters. The Morgan fingerprint density at radius 1 is 1.37 bits per heavy atom. The van der Waals surface area contributed by atoms with Crippen LogP contribution in [-0.4, -0.2) is 27.2 Å². The predicted molar refractivity (Wildman–Crippen MR) is 71.4 cm³/mol. The molecule has 0 spiro atoms. The third-order valence-electron chi connectivity index (χ3n) is 2.89. The number of benzene rings is 1. The molecule has 100 valence electrons. The fraction of sp³-hybridized carbons (Fsp3) is 0.308. The maximum Gasteiger partial charge on any atom is 0.251 e. The number of nitrogens with two attached hydrogens (primary N) is 1. The van der Waals surface area contributed by atoms with E-state index in [4.69, 9.17) is 5.73 Å². The Kier molecular flexibility index (Phi) is 4.25. The highest BCUT2D eigenvalue weighted by atomic mass is 16.1. The zero-order valence-electron chi connectivity index (χ0n) is 10.8. The summed E-state index contributed by atoms with van der Waals surface area (Å²) in [6.07, 6.45) is 2.30. The third kappa shape index (κ3) is 3.38. The number of aromatic nitrogens is 3. The lowest BCUT2D eigenvalue weighted by atomic mass is 10.1. The number of aryl methyl sites for hydroxylation is 1.